The van der Waals surface area contributed by atoms with Gasteiger partial charge in [-0.05, 0) is 82.6 Å². The van der Waals surface area contributed by atoms with Crippen molar-refractivity contribution in [2.24, 2.45) is 0 Å². The van der Waals surface area contributed by atoms with Crippen LogP contribution in [0.4, 0.5) is 0 Å². The second-order valence-corrected chi connectivity index (χ2v) is 7.62. The molecule has 0 fully saturated rings. The first-order valence-electron chi connectivity index (χ1n) is 7.00. The predicted octanol–water partition coefficient (Wildman–Crippen LogP) is 5.79. The number of benzene rings is 2. The fourth-order valence-electron chi connectivity index (χ4n) is 2.39. The second-order valence-electron chi connectivity index (χ2n) is 5.21. The van der Waals surface area contributed by atoms with E-state index >= 15 is 0 Å². The molecule has 0 bridgehead atoms. The Balaban J connectivity index is 1.88. The molecule has 3 rings (SSSR count). The Morgan fingerprint density at radius 2 is 1.95 bits per heavy atom. The summed E-state index contributed by atoms with van der Waals surface area (Å²) in [4.78, 5) is 2.57. The lowest BCUT2D eigenvalue weighted by atomic mass is 10.1. The van der Waals surface area contributed by atoms with Crippen LogP contribution in [0.2, 0.25) is 0 Å². The summed E-state index contributed by atoms with van der Waals surface area (Å²) in [5.41, 5.74) is 4.54. The largest absolute Gasteiger partial charge is 0.192 e. The van der Waals surface area contributed by atoms with Gasteiger partial charge in [0.1, 0.15) is 0 Å². The van der Waals surface area contributed by atoms with Gasteiger partial charge in [-0.3, -0.25) is 0 Å². The molecule has 1 heterocycles. The number of hydrogen-bond donors (Lipinski definition) is 0. The van der Waals surface area contributed by atoms with Crippen LogP contribution in [0, 0.1) is 21.8 Å². The van der Waals surface area contributed by atoms with E-state index < -0.39 is 0 Å². The number of hydrogen-bond acceptors (Lipinski definition) is 2. The number of nitrogens with zero attached hydrogens (tertiary/aromatic N) is 1. The van der Waals surface area contributed by atoms with Gasteiger partial charge in [-0.25, -0.2) is 0 Å². The van der Waals surface area contributed by atoms with Gasteiger partial charge in [0.05, 0.1) is 11.6 Å². The number of halogens is 1. The van der Waals surface area contributed by atoms with Crippen LogP contribution in [-0.2, 0) is 6.42 Å². The molecule has 0 amide bonds. The summed E-state index contributed by atoms with van der Waals surface area (Å²) in [6, 6.07) is 20.9. The monoisotopic (exact) mass is 415 g/mol. The van der Waals surface area contributed by atoms with Gasteiger partial charge in [0.2, 0.25) is 0 Å². The van der Waals surface area contributed by atoms with Gasteiger partial charge in [0.15, 0.2) is 0 Å². The van der Waals surface area contributed by atoms with Crippen molar-refractivity contribution in [2.45, 2.75) is 13.3 Å². The lowest BCUT2D eigenvalue weighted by Crippen LogP contribution is -1.90. The third-order valence-corrected chi connectivity index (χ3v) is 5.42. The summed E-state index contributed by atoms with van der Waals surface area (Å²) in [7, 11) is 0. The van der Waals surface area contributed by atoms with E-state index in [1.807, 2.05) is 18.2 Å². The predicted molar refractivity (Wildman–Crippen MR) is 101 cm³/mol. The van der Waals surface area contributed by atoms with Crippen molar-refractivity contribution in [2.75, 3.05) is 0 Å². The van der Waals surface area contributed by atoms with E-state index in [1.54, 1.807) is 11.3 Å². The van der Waals surface area contributed by atoms with Crippen LogP contribution in [0.3, 0.4) is 0 Å². The topological polar surface area (TPSA) is 23.8 Å². The number of aryl methyl sites for hydroxylation is 1. The van der Waals surface area contributed by atoms with Crippen LogP contribution in [0.5, 0.6) is 0 Å². The summed E-state index contributed by atoms with van der Waals surface area (Å²) in [5.74, 6) is 0. The van der Waals surface area contributed by atoms with E-state index in [9.17, 15) is 0 Å². The van der Waals surface area contributed by atoms with E-state index in [-0.39, 0.29) is 0 Å². The van der Waals surface area contributed by atoms with Crippen molar-refractivity contribution in [3.05, 3.63) is 79.7 Å². The summed E-state index contributed by atoms with van der Waals surface area (Å²) >= 11 is 4.16. The Morgan fingerprint density at radius 3 is 2.77 bits per heavy atom. The fraction of sp³-hybridized carbons (Fsp3) is 0.105. The molecule has 22 heavy (non-hydrogen) atoms. The van der Waals surface area contributed by atoms with Gasteiger partial charge in [-0.15, -0.1) is 11.3 Å². The molecule has 1 aromatic heterocycles. The lowest BCUT2D eigenvalue weighted by Gasteiger charge is -2.05. The standard InChI is InChI=1S/C19H14INS/c1-13-5-6-17(20)10-16(13)11-18-7-8-19(22-18)15-4-2-3-14(9-15)12-21/h2-10H,11H2,1H3. The lowest BCUT2D eigenvalue weighted by molar-refractivity contribution is 1.19. The third-order valence-electron chi connectivity index (χ3n) is 3.61. The molecule has 3 aromatic rings. The molecule has 0 unspecified atom stereocenters. The van der Waals surface area contributed by atoms with Crippen LogP contribution in [0.1, 0.15) is 21.6 Å². The third kappa shape index (κ3) is 3.40. The Bertz CT molecular complexity index is 858. The van der Waals surface area contributed by atoms with E-state index in [0.29, 0.717) is 5.56 Å². The van der Waals surface area contributed by atoms with Crippen LogP contribution >= 0.6 is 33.9 Å². The van der Waals surface area contributed by atoms with E-state index in [0.717, 1.165) is 12.0 Å². The van der Waals surface area contributed by atoms with Gasteiger partial charge in [-0.2, -0.15) is 5.26 Å². The minimum Gasteiger partial charge on any atom is -0.192 e. The van der Waals surface area contributed by atoms with E-state index in [1.165, 1.54) is 24.5 Å². The van der Waals surface area contributed by atoms with E-state index in [2.05, 4.69) is 72.0 Å². The highest BCUT2D eigenvalue weighted by molar-refractivity contribution is 14.1. The van der Waals surface area contributed by atoms with E-state index in [4.69, 9.17) is 5.26 Å². The van der Waals surface area contributed by atoms with Gasteiger partial charge >= 0.3 is 0 Å². The van der Waals surface area contributed by atoms with Gasteiger partial charge in [0.25, 0.3) is 0 Å². The molecule has 2 aromatic carbocycles. The van der Waals surface area contributed by atoms with Crippen molar-refractivity contribution in [3.8, 4) is 16.5 Å². The normalized spacial score (nSPS) is 10.4. The van der Waals surface area contributed by atoms with Crippen molar-refractivity contribution in [3.63, 3.8) is 0 Å². The molecule has 0 spiro atoms. The maximum Gasteiger partial charge on any atom is 0.0991 e. The molecule has 0 aliphatic rings. The smallest absolute Gasteiger partial charge is 0.0991 e. The van der Waals surface area contributed by atoms with Gasteiger partial charge in [-0.1, -0.05) is 18.2 Å². The highest BCUT2D eigenvalue weighted by Crippen LogP contribution is 2.30. The highest BCUT2D eigenvalue weighted by atomic mass is 127. The number of nitriles is 1. The zero-order valence-electron chi connectivity index (χ0n) is 12.1. The number of rotatable bonds is 3. The Labute approximate surface area is 148 Å². The molecule has 0 saturated carbocycles. The first-order valence-corrected chi connectivity index (χ1v) is 8.89. The summed E-state index contributed by atoms with van der Waals surface area (Å²) in [6.07, 6.45) is 0.964. The minimum atomic E-state index is 0.709. The fourth-order valence-corrected chi connectivity index (χ4v) is 3.97. The SMILES string of the molecule is Cc1ccc(I)cc1Cc1ccc(-c2cccc(C#N)c2)s1. The van der Waals surface area contributed by atoms with Crippen molar-refractivity contribution >= 4 is 33.9 Å². The van der Waals surface area contributed by atoms with Gasteiger partial charge in [0, 0.05) is 19.7 Å². The molecule has 1 nitrogen and oxygen atoms in total. The average Bonchev–Trinajstić information content (AvgIpc) is 2.99. The van der Waals surface area contributed by atoms with Crippen LogP contribution in [0.25, 0.3) is 10.4 Å². The first-order chi connectivity index (χ1) is 10.7. The Morgan fingerprint density at radius 1 is 1.09 bits per heavy atom. The Kier molecular flexibility index (Phi) is 4.60. The first kappa shape index (κ1) is 15.3. The number of thiophene rings is 1. The molecule has 108 valence electrons. The molecule has 0 aliphatic heterocycles. The van der Waals surface area contributed by atoms with Crippen molar-refractivity contribution < 1.29 is 0 Å². The minimum absolute atomic E-state index is 0.709. The zero-order valence-corrected chi connectivity index (χ0v) is 15.1. The van der Waals surface area contributed by atoms with Crippen LogP contribution < -0.4 is 0 Å². The van der Waals surface area contributed by atoms with Gasteiger partial charge < -0.3 is 0 Å². The molecule has 3 heteroatoms. The molecular formula is C19H14INS. The maximum atomic E-state index is 9.02. The van der Waals surface area contributed by atoms with Crippen LogP contribution in [0.15, 0.2) is 54.6 Å². The quantitative estimate of drug-likeness (QED) is 0.497. The molecular weight excluding hydrogens is 401 g/mol. The highest BCUT2D eigenvalue weighted by Gasteiger charge is 2.06. The summed E-state index contributed by atoms with van der Waals surface area (Å²) in [5, 5.41) is 9.02. The van der Waals surface area contributed by atoms with Crippen molar-refractivity contribution in [1.29, 1.82) is 5.26 Å². The Hall–Kier alpha value is -1.64. The molecule has 0 radical (unpaired) electrons. The molecule has 0 atom stereocenters. The summed E-state index contributed by atoms with van der Waals surface area (Å²) < 4.78 is 1.27. The molecule has 0 aliphatic carbocycles. The molecule has 0 saturated heterocycles. The van der Waals surface area contributed by atoms with Crippen molar-refractivity contribution in [1.82, 2.24) is 0 Å². The average molecular weight is 415 g/mol. The molecule has 0 N–H and O–H groups in total. The summed E-state index contributed by atoms with van der Waals surface area (Å²) in [6.45, 7) is 2.16. The second kappa shape index (κ2) is 6.64. The maximum absolute atomic E-state index is 9.02. The van der Waals surface area contributed by atoms with Crippen LogP contribution in [-0.4, -0.2) is 0 Å². The zero-order chi connectivity index (χ0) is 15.5.